The van der Waals surface area contributed by atoms with E-state index in [2.05, 4.69) is 19.0 Å². The summed E-state index contributed by atoms with van der Waals surface area (Å²) < 4.78 is 0. The van der Waals surface area contributed by atoms with E-state index in [9.17, 15) is 4.79 Å². The van der Waals surface area contributed by atoms with Crippen molar-refractivity contribution in [3.63, 3.8) is 0 Å². The van der Waals surface area contributed by atoms with Crippen LogP contribution in [0.5, 0.6) is 0 Å². The smallest absolute Gasteiger partial charge is 0.239 e. The van der Waals surface area contributed by atoms with Crippen LogP contribution in [0.25, 0.3) is 0 Å². The van der Waals surface area contributed by atoms with Crippen molar-refractivity contribution in [1.29, 1.82) is 0 Å². The fourth-order valence-electron chi connectivity index (χ4n) is 1.86. The van der Waals surface area contributed by atoms with Gasteiger partial charge in [0.05, 0.1) is 6.04 Å². The Balaban J connectivity index is 2.51. The second-order valence-electron chi connectivity index (χ2n) is 4.33. The number of likely N-dealkylation sites (tertiary alicyclic amines) is 1. The molecule has 1 aliphatic heterocycles. The number of amides is 1. The van der Waals surface area contributed by atoms with Crippen molar-refractivity contribution in [1.82, 2.24) is 9.80 Å². The lowest BCUT2D eigenvalue weighted by molar-refractivity contribution is -0.134. The molecule has 1 rings (SSSR count). The van der Waals surface area contributed by atoms with Gasteiger partial charge in [0.25, 0.3) is 0 Å². The molecule has 1 fully saturated rings. The largest absolute Gasteiger partial charge is 0.340 e. The third kappa shape index (κ3) is 2.69. The van der Waals surface area contributed by atoms with Crippen LogP contribution in [0.3, 0.4) is 0 Å². The van der Waals surface area contributed by atoms with E-state index in [-0.39, 0.29) is 11.9 Å². The van der Waals surface area contributed by atoms with Gasteiger partial charge in [-0.15, -0.1) is 0 Å². The molecular formula is C10H21N3O. The van der Waals surface area contributed by atoms with Crippen molar-refractivity contribution in [3.05, 3.63) is 0 Å². The Morgan fingerprint density at radius 3 is 2.71 bits per heavy atom. The Bertz CT molecular complexity index is 204. The van der Waals surface area contributed by atoms with Gasteiger partial charge in [-0.3, -0.25) is 4.79 Å². The first-order chi connectivity index (χ1) is 6.52. The topological polar surface area (TPSA) is 49.6 Å². The molecule has 4 nitrogen and oxygen atoms in total. The molecule has 0 bridgehead atoms. The first kappa shape index (κ1) is 11.5. The van der Waals surface area contributed by atoms with E-state index in [4.69, 9.17) is 5.73 Å². The molecule has 2 N–H and O–H groups in total. The van der Waals surface area contributed by atoms with Crippen molar-refractivity contribution in [3.8, 4) is 0 Å². The average Bonchev–Trinajstić information content (AvgIpc) is 2.16. The third-order valence-electron chi connectivity index (χ3n) is 2.83. The standard InChI is InChI=1S/C10H21N3O/c1-8(11)10(14)13-6-4-5-9(7-13)12(2)3/h8-9H,4-7,11H2,1-3H3/t8?,9-/m0/s1. The Hall–Kier alpha value is -0.610. The fraction of sp³-hybridized carbons (Fsp3) is 0.900. The Morgan fingerprint density at radius 2 is 2.21 bits per heavy atom. The maximum atomic E-state index is 11.6. The molecule has 0 radical (unpaired) electrons. The van der Waals surface area contributed by atoms with Gasteiger partial charge in [0, 0.05) is 19.1 Å². The summed E-state index contributed by atoms with van der Waals surface area (Å²) >= 11 is 0. The minimum absolute atomic E-state index is 0.0801. The number of carbonyl (C=O) groups is 1. The monoisotopic (exact) mass is 199 g/mol. The second kappa shape index (κ2) is 4.75. The highest BCUT2D eigenvalue weighted by molar-refractivity contribution is 5.81. The number of rotatable bonds is 2. The van der Waals surface area contributed by atoms with Crippen molar-refractivity contribution in [2.75, 3.05) is 27.2 Å². The number of likely N-dealkylation sites (N-methyl/N-ethyl adjacent to an activating group) is 1. The molecule has 4 heteroatoms. The van der Waals surface area contributed by atoms with E-state index >= 15 is 0 Å². The molecule has 0 saturated carbocycles. The third-order valence-corrected chi connectivity index (χ3v) is 2.83. The summed E-state index contributed by atoms with van der Waals surface area (Å²) in [6, 6.07) is 0.127. The molecule has 1 unspecified atom stereocenters. The lowest BCUT2D eigenvalue weighted by atomic mass is 10.0. The summed E-state index contributed by atoms with van der Waals surface area (Å²) in [4.78, 5) is 15.7. The fourth-order valence-corrected chi connectivity index (χ4v) is 1.86. The molecule has 0 aromatic heterocycles. The van der Waals surface area contributed by atoms with E-state index in [1.807, 2.05) is 4.90 Å². The molecule has 1 aliphatic rings. The summed E-state index contributed by atoms with van der Waals surface area (Å²) in [5.74, 6) is 0.0801. The zero-order chi connectivity index (χ0) is 10.7. The molecule has 0 aliphatic carbocycles. The highest BCUT2D eigenvalue weighted by Gasteiger charge is 2.25. The van der Waals surface area contributed by atoms with Crippen LogP contribution in [-0.4, -0.2) is 55.0 Å². The van der Waals surface area contributed by atoms with Gasteiger partial charge in [0.15, 0.2) is 0 Å². The van der Waals surface area contributed by atoms with Gasteiger partial charge in [-0.2, -0.15) is 0 Å². The molecule has 1 saturated heterocycles. The number of nitrogens with two attached hydrogens (primary N) is 1. The molecular weight excluding hydrogens is 178 g/mol. The second-order valence-corrected chi connectivity index (χ2v) is 4.33. The summed E-state index contributed by atoms with van der Waals surface area (Å²) in [6.45, 7) is 3.44. The van der Waals surface area contributed by atoms with Gasteiger partial charge in [-0.1, -0.05) is 0 Å². The number of nitrogens with zero attached hydrogens (tertiary/aromatic N) is 2. The van der Waals surface area contributed by atoms with Crippen LogP contribution in [-0.2, 0) is 4.79 Å². The van der Waals surface area contributed by atoms with Gasteiger partial charge in [0.2, 0.25) is 5.91 Å². The summed E-state index contributed by atoms with van der Waals surface area (Å²) in [6.07, 6.45) is 2.26. The number of carbonyl (C=O) groups excluding carboxylic acids is 1. The molecule has 0 spiro atoms. The van der Waals surface area contributed by atoms with E-state index < -0.39 is 0 Å². The predicted octanol–water partition coefficient (Wildman–Crippen LogP) is -0.114. The lowest BCUT2D eigenvalue weighted by Gasteiger charge is -2.36. The Kier molecular flexibility index (Phi) is 3.89. The van der Waals surface area contributed by atoms with Crippen LogP contribution in [0.15, 0.2) is 0 Å². The first-order valence-corrected chi connectivity index (χ1v) is 5.23. The number of hydrogen-bond donors (Lipinski definition) is 1. The zero-order valence-electron chi connectivity index (χ0n) is 9.36. The molecule has 14 heavy (non-hydrogen) atoms. The normalized spacial score (nSPS) is 25.2. The van der Waals surface area contributed by atoms with E-state index in [1.165, 1.54) is 6.42 Å². The van der Waals surface area contributed by atoms with E-state index in [0.717, 1.165) is 19.5 Å². The summed E-state index contributed by atoms with van der Waals surface area (Å²) in [7, 11) is 4.12. The lowest BCUT2D eigenvalue weighted by Crippen LogP contribution is -2.51. The van der Waals surface area contributed by atoms with Crippen LogP contribution < -0.4 is 5.73 Å². The minimum Gasteiger partial charge on any atom is -0.340 e. The van der Waals surface area contributed by atoms with Crippen LogP contribution in [0.4, 0.5) is 0 Å². The van der Waals surface area contributed by atoms with E-state index in [0.29, 0.717) is 6.04 Å². The van der Waals surface area contributed by atoms with E-state index in [1.54, 1.807) is 6.92 Å². The number of hydrogen-bond acceptors (Lipinski definition) is 3. The predicted molar refractivity (Wildman–Crippen MR) is 56.9 cm³/mol. The van der Waals surface area contributed by atoms with Crippen molar-refractivity contribution in [2.24, 2.45) is 5.73 Å². The SMILES string of the molecule is CC(N)C(=O)N1CCC[C@H](N(C)C)C1. The van der Waals surface area contributed by atoms with Crippen LogP contribution in [0, 0.1) is 0 Å². The van der Waals surface area contributed by atoms with Crippen LogP contribution in [0.2, 0.25) is 0 Å². The number of piperidine rings is 1. The maximum absolute atomic E-state index is 11.6. The molecule has 1 amide bonds. The quantitative estimate of drug-likeness (QED) is 0.675. The van der Waals surface area contributed by atoms with Crippen molar-refractivity contribution >= 4 is 5.91 Å². The molecule has 0 aromatic rings. The maximum Gasteiger partial charge on any atom is 0.239 e. The minimum atomic E-state index is -0.365. The molecule has 2 atom stereocenters. The molecule has 1 heterocycles. The Labute approximate surface area is 86.0 Å². The highest BCUT2D eigenvalue weighted by Crippen LogP contribution is 2.14. The average molecular weight is 199 g/mol. The summed E-state index contributed by atoms with van der Waals surface area (Å²) in [5, 5.41) is 0. The van der Waals surface area contributed by atoms with Gasteiger partial charge < -0.3 is 15.5 Å². The van der Waals surface area contributed by atoms with Crippen molar-refractivity contribution in [2.45, 2.75) is 31.8 Å². The van der Waals surface area contributed by atoms with Gasteiger partial charge in [-0.05, 0) is 33.9 Å². The summed E-state index contributed by atoms with van der Waals surface area (Å²) in [5.41, 5.74) is 5.58. The van der Waals surface area contributed by atoms with Crippen LogP contribution >= 0.6 is 0 Å². The highest BCUT2D eigenvalue weighted by atomic mass is 16.2. The molecule has 82 valence electrons. The van der Waals surface area contributed by atoms with Gasteiger partial charge >= 0.3 is 0 Å². The Morgan fingerprint density at radius 1 is 1.57 bits per heavy atom. The van der Waals surface area contributed by atoms with Gasteiger partial charge in [-0.25, -0.2) is 0 Å². The van der Waals surface area contributed by atoms with Crippen molar-refractivity contribution < 1.29 is 4.79 Å². The zero-order valence-corrected chi connectivity index (χ0v) is 9.36. The first-order valence-electron chi connectivity index (χ1n) is 5.23. The van der Waals surface area contributed by atoms with Crippen LogP contribution in [0.1, 0.15) is 19.8 Å². The van der Waals surface area contributed by atoms with Gasteiger partial charge in [0.1, 0.15) is 0 Å². The molecule has 0 aromatic carbocycles.